The maximum absolute atomic E-state index is 12.5. The molecular weight excluding hydrogens is 494 g/mol. The summed E-state index contributed by atoms with van der Waals surface area (Å²) in [7, 11) is 0. The summed E-state index contributed by atoms with van der Waals surface area (Å²) in [6, 6.07) is 18.7. The van der Waals surface area contributed by atoms with E-state index in [-0.39, 0.29) is 23.1 Å². The van der Waals surface area contributed by atoms with Crippen molar-refractivity contribution in [3.05, 3.63) is 96.5 Å². The number of hydrogen-bond donors (Lipinski definition) is 3. The van der Waals surface area contributed by atoms with Crippen LogP contribution in [0, 0.1) is 0 Å². The van der Waals surface area contributed by atoms with E-state index in [1.165, 1.54) is 0 Å². The van der Waals surface area contributed by atoms with Crippen molar-refractivity contribution >= 4 is 44.4 Å². The van der Waals surface area contributed by atoms with Gasteiger partial charge in [-0.25, -0.2) is 0 Å². The Balaban J connectivity index is 1.58. The van der Waals surface area contributed by atoms with Gasteiger partial charge >= 0.3 is 4.87 Å². The molecule has 1 unspecified atom stereocenters. The average molecular weight is 510 g/mol. The number of aliphatic imine (C=N–C) groups is 1. The van der Waals surface area contributed by atoms with Gasteiger partial charge in [0.15, 0.2) is 5.06 Å². The number of nitrogens with one attached hydrogen (secondary N) is 2. The molecule has 1 aliphatic rings. The number of aromatic nitrogens is 1. The lowest BCUT2D eigenvalue weighted by Gasteiger charge is -2.16. The number of nitrogens with zero attached hydrogens (tertiary/aromatic N) is 1. The van der Waals surface area contributed by atoms with Crippen LogP contribution in [-0.2, 0) is 0 Å². The summed E-state index contributed by atoms with van der Waals surface area (Å²) in [5.74, 6) is 1.37. The van der Waals surface area contributed by atoms with Crippen LogP contribution >= 0.6 is 27.3 Å². The molecule has 0 radical (unpaired) electrons. The summed E-state index contributed by atoms with van der Waals surface area (Å²) in [6.45, 7) is 0. The van der Waals surface area contributed by atoms with E-state index >= 15 is 0 Å². The second kappa shape index (κ2) is 8.25. The van der Waals surface area contributed by atoms with Crippen molar-refractivity contribution in [2.24, 2.45) is 4.99 Å². The topological polar surface area (TPSA) is 108 Å². The van der Waals surface area contributed by atoms with Crippen LogP contribution in [-0.4, -0.2) is 15.8 Å². The van der Waals surface area contributed by atoms with Crippen LogP contribution in [0.5, 0.6) is 5.06 Å². The van der Waals surface area contributed by atoms with Gasteiger partial charge in [-0.1, -0.05) is 40.2 Å². The van der Waals surface area contributed by atoms with E-state index in [0.717, 1.165) is 15.7 Å². The predicted octanol–water partition coefficient (Wildman–Crippen LogP) is 5.20. The van der Waals surface area contributed by atoms with Crippen molar-refractivity contribution in [1.29, 1.82) is 0 Å². The minimum atomic E-state index is -0.668. The van der Waals surface area contributed by atoms with Crippen LogP contribution in [0.1, 0.15) is 23.8 Å². The van der Waals surface area contributed by atoms with Crippen molar-refractivity contribution < 1.29 is 9.52 Å². The molecule has 32 heavy (non-hydrogen) atoms. The van der Waals surface area contributed by atoms with Crippen LogP contribution in [0.15, 0.2) is 84.1 Å². The van der Waals surface area contributed by atoms with Crippen molar-refractivity contribution in [2.75, 3.05) is 5.32 Å². The Morgan fingerprint density at radius 3 is 2.62 bits per heavy atom. The molecule has 5 rings (SSSR count). The highest BCUT2D eigenvalue weighted by atomic mass is 79.9. The predicted molar refractivity (Wildman–Crippen MR) is 128 cm³/mol. The Kier molecular flexibility index (Phi) is 5.28. The number of aromatic hydroxyl groups is 1. The lowest BCUT2D eigenvalue weighted by Crippen LogP contribution is -2.25. The summed E-state index contributed by atoms with van der Waals surface area (Å²) in [5.41, 5.74) is 2.03. The SMILES string of the molecule is O=c1[nH]c(=O)c(C2=Nc3ccccc3NC(c3ccc(-c4ccc(Br)cc4)o3)C2)c(O)s1. The zero-order valence-electron chi connectivity index (χ0n) is 16.5. The number of H-pyrrole nitrogens is 1. The molecule has 4 aromatic rings. The number of hydrogen-bond acceptors (Lipinski definition) is 7. The van der Waals surface area contributed by atoms with E-state index < -0.39 is 10.4 Å². The van der Waals surface area contributed by atoms with Crippen LogP contribution < -0.4 is 15.7 Å². The van der Waals surface area contributed by atoms with Gasteiger partial charge < -0.3 is 14.8 Å². The Morgan fingerprint density at radius 2 is 1.84 bits per heavy atom. The van der Waals surface area contributed by atoms with E-state index in [1.807, 2.05) is 60.7 Å². The summed E-state index contributed by atoms with van der Waals surface area (Å²) >= 11 is 4.00. The van der Waals surface area contributed by atoms with Crippen molar-refractivity contribution in [1.82, 2.24) is 4.98 Å². The quantitative estimate of drug-likeness (QED) is 0.351. The first-order chi connectivity index (χ1) is 15.5. The summed E-state index contributed by atoms with van der Waals surface area (Å²) in [5, 5.41) is 13.4. The fraction of sp³-hybridized carbons (Fsp3) is 0.0870. The third-order valence-electron chi connectivity index (χ3n) is 5.12. The number of benzene rings is 2. The second-order valence-electron chi connectivity index (χ2n) is 7.21. The highest BCUT2D eigenvalue weighted by Crippen LogP contribution is 2.37. The molecule has 2 aromatic heterocycles. The van der Waals surface area contributed by atoms with E-state index in [0.29, 0.717) is 34.3 Å². The molecular formula is C23H16BrN3O4S. The van der Waals surface area contributed by atoms with Gasteiger partial charge in [0.05, 0.1) is 23.1 Å². The lowest BCUT2D eigenvalue weighted by molar-refractivity contribution is 0.485. The molecule has 0 fully saturated rings. The first kappa shape index (κ1) is 20.5. The fourth-order valence-electron chi connectivity index (χ4n) is 3.63. The Labute approximate surface area is 194 Å². The van der Waals surface area contributed by atoms with Gasteiger partial charge in [-0.15, -0.1) is 0 Å². The minimum absolute atomic E-state index is 0.00204. The fourth-order valence-corrected chi connectivity index (χ4v) is 4.52. The number of furan rings is 1. The van der Waals surface area contributed by atoms with E-state index in [1.54, 1.807) is 0 Å². The Hall–Kier alpha value is -3.43. The van der Waals surface area contributed by atoms with Crippen LogP contribution in [0.25, 0.3) is 11.3 Å². The minimum Gasteiger partial charge on any atom is -0.499 e. The third-order valence-corrected chi connectivity index (χ3v) is 6.33. The molecule has 9 heteroatoms. The average Bonchev–Trinajstić information content (AvgIpc) is 3.16. The lowest BCUT2D eigenvalue weighted by atomic mass is 10.0. The highest BCUT2D eigenvalue weighted by Gasteiger charge is 2.27. The zero-order chi connectivity index (χ0) is 22.2. The first-order valence-corrected chi connectivity index (χ1v) is 11.3. The maximum atomic E-state index is 12.5. The summed E-state index contributed by atoms with van der Waals surface area (Å²) in [6.07, 6.45) is 0.267. The van der Waals surface area contributed by atoms with Gasteiger partial charge in [0.1, 0.15) is 17.1 Å². The van der Waals surface area contributed by atoms with Gasteiger partial charge in [-0.05, 0) is 47.7 Å². The molecule has 1 aliphatic heterocycles. The molecule has 3 N–H and O–H groups in total. The molecule has 1 atom stereocenters. The van der Waals surface area contributed by atoms with E-state index in [9.17, 15) is 14.7 Å². The smallest absolute Gasteiger partial charge is 0.310 e. The molecule has 160 valence electrons. The molecule has 0 bridgehead atoms. The standard InChI is InChI=1S/C23H16BrN3O4S/c24-13-7-5-12(6-8-13)18-9-10-19(31-18)16-11-17(20-21(28)27-23(30)32-22(20)29)26-15-4-2-1-3-14(15)25-16/h1-10,16,25,29H,11H2,(H,27,28,30). The van der Waals surface area contributed by atoms with Gasteiger partial charge in [0, 0.05) is 16.5 Å². The molecule has 3 heterocycles. The molecule has 2 aromatic carbocycles. The van der Waals surface area contributed by atoms with Gasteiger partial charge in [-0.2, -0.15) is 0 Å². The van der Waals surface area contributed by atoms with Gasteiger partial charge in [-0.3, -0.25) is 19.6 Å². The number of fused-ring (bicyclic) bond motifs is 1. The normalized spacial score (nSPS) is 15.4. The number of anilines is 1. The highest BCUT2D eigenvalue weighted by molar-refractivity contribution is 9.10. The second-order valence-corrected chi connectivity index (χ2v) is 9.09. The van der Waals surface area contributed by atoms with Crippen molar-refractivity contribution in [3.8, 4) is 16.4 Å². The molecule has 0 saturated carbocycles. The van der Waals surface area contributed by atoms with Crippen molar-refractivity contribution in [2.45, 2.75) is 12.5 Å². The number of halogens is 1. The van der Waals surface area contributed by atoms with Crippen LogP contribution in [0.4, 0.5) is 11.4 Å². The summed E-state index contributed by atoms with van der Waals surface area (Å²) in [4.78, 5) is 30.3. The third kappa shape index (κ3) is 3.92. The monoisotopic (exact) mass is 509 g/mol. The first-order valence-electron chi connectivity index (χ1n) is 9.73. The largest absolute Gasteiger partial charge is 0.499 e. The van der Waals surface area contributed by atoms with E-state index in [2.05, 4.69) is 31.2 Å². The number of aromatic amines is 1. The van der Waals surface area contributed by atoms with E-state index in [4.69, 9.17) is 4.42 Å². The van der Waals surface area contributed by atoms with Crippen molar-refractivity contribution in [3.63, 3.8) is 0 Å². The Morgan fingerprint density at radius 1 is 1.06 bits per heavy atom. The maximum Gasteiger partial charge on any atom is 0.310 e. The molecule has 0 aliphatic carbocycles. The molecule has 0 saturated heterocycles. The van der Waals surface area contributed by atoms with Gasteiger partial charge in [0.25, 0.3) is 5.56 Å². The van der Waals surface area contributed by atoms with Gasteiger partial charge in [0.2, 0.25) is 0 Å². The zero-order valence-corrected chi connectivity index (χ0v) is 18.9. The number of rotatable bonds is 3. The molecule has 7 nitrogen and oxygen atoms in total. The van der Waals surface area contributed by atoms with Crippen LogP contribution in [0.2, 0.25) is 0 Å². The number of para-hydroxylation sites is 2. The molecule has 0 spiro atoms. The summed E-state index contributed by atoms with van der Waals surface area (Å²) < 4.78 is 7.13. The molecule has 0 amide bonds. The van der Waals surface area contributed by atoms with Crippen LogP contribution in [0.3, 0.4) is 0 Å². The Bertz CT molecular complexity index is 1450.